The first-order chi connectivity index (χ1) is 13.9. The van der Waals surface area contributed by atoms with Crippen molar-refractivity contribution in [3.8, 4) is 12.3 Å². The van der Waals surface area contributed by atoms with Crippen molar-refractivity contribution in [2.24, 2.45) is 0 Å². The van der Waals surface area contributed by atoms with Crippen LogP contribution in [0.2, 0.25) is 0 Å². The van der Waals surface area contributed by atoms with Crippen molar-refractivity contribution in [2.45, 2.75) is 11.4 Å². The molecular weight excluding hydrogens is 395 g/mol. The van der Waals surface area contributed by atoms with Gasteiger partial charge in [-0.3, -0.25) is 9.52 Å². The second kappa shape index (κ2) is 8.63. The molecule has 6 nitrogen and oxygen atoms in total. The van der Waals surface area contributed by atoms with E-state index in [2.05, 4.69) is 10.6 Å². The van der Waals surface area contributed by atoms with Gasteiger partial charge in [-0.2, -0.15) is 0 Å². The fourth-order valence-electron chi connectivity index (χ4n) is 2.61. The van der Waals surface area contributed by atoms with Crippen molar-refractivity contribution < 1.29 is 22.0 Å². The molecule has 0 saturated carbocycles. The number of anilines is 1. The number of sulfonamides is 1. The van der Waals surface area contributed by atoms with E-state index < -0.39 is 15.8 Å². The Morgan fingerprint density at radius 2 is 1.83 bits per heavy atom. The highest BCUT2D eigenvalue weighted by Gasteiger charge is 2.20. The van der Waals surface area contributed by atoms with Crippen molar-refractivity contribution in [3.63, 3.8) is 0 Å². The third kappa shape index (κ3) is 4.83. The molecule has 1 amide bonds. The van der Waals surface area contributed by atoms with E-state index in [1.807, 2.05) is 0 Å². The zero-order chi connectivity index (χ0) is 20.9. The Labute approximate surface area is 168 Å². The van der Waals surface area contributed by atoms with E-state index in [1.165, 1.54) is 53.6 Å². The van der Waals surface area contributed by atoms with E-state index in [1.54, 1.807) is 12.1 Å². The van der Waals surface area contributed by atoms with E-state index in [0.717, 1.165) is 6.07 Å². The Bertz CT molecular complexity index is 1130. The molecule has 0 bridgehead atoms. The number of nitrogens with zero attached hydrogens (tertiary/aromatic N) is 1. The van der Waals surface area contributed by atoms with Gasteiger partial charge in [0.15, 0.2) is 0 Å². The number of furan rings is 1. The van der Waals surface area contributed by atoms with Crippen LogP contribution in [0, 0.1) is 18.2 Å². The Balaban J connectivity index is 1.78. The van der Waals surface area contributed by atoms with Crippen LogP contribution in [0.3, 0.4) is 0 Å². The van der Waals surface area contributed by atoms with Crippen LogP contribution in [-0.2, 0) is 16.6 Å². The van der Waals surface area contributed by atoms with E-state index in [-0.39, 0.29) is 35.1 Å². The number of benzene rings is 2. The van der Waals surface area contributed by atoms with Gasteiger partial charge in [0.1, 0.15) is 11.6 Å². The summed E-state index contributed by atoms with van der Waals surface area (Å²) in [7, 11) is -4.01. The minimum atomic E-state index is -4.01. The maximum absolute atomic E-state index is 13.7. The first-order valence-corrected chi connectivity index (χ1v) is 10.0. The lowest BCUT2D eigenvalue weighted by Gasteiger charge is -2.19. The number of nitrogens with one attached hydrogen (secondary N) is 1. The Kier molecular flexibility index (Phi) is 6.00. The average molecular weight is 412 g/mol. The van der Waals surface area contributed by atoms with Crippen LogP contribution >= 0.6 is 0 Å². The van der Waals surface area contributed by atoms with Crippen molar-refractivity contribution in [1.29, 1.82) is 0 Å². The highest BCUT2D eigenvalue weighted by Crippen LogP contribution is 2.20. The number of terminal acetylenes is 1. The molecule has 0 fully saturated rings. The number of carbonyl (C=O) groups is 1. The van der Waals surface area contributed by atoms with Crippen LogP contribution in [-0.4, -0.2) is 25.8 Å². The molecule has 1 N–H and O–H groups in total. The van der Waals surface area contributed by atoms with Gasteiger partial charge in [0, 0.05) is 5.56 Å². The number of carbonyl (C=O) groups excluding carboxylic acids is 1. The number of amides is 1. The summed E-state index contributed by atoms with van der Waals surface area (Å²) in [6.45, 7) is 0.249. The number of hydrogen-bond donors (Lipinski definition) is 1. The zero-order valence-electron chi connectivity index (χ0n) is 15.2. The van der Waals surface area contributed by atoms with Crippen LogP contribution in [0.25, 0.3) is 0 Å². The van der Waals surface area contributed by atoms with Gasteiger partial charge < -0.3 is 9.32 Å². The molecule has 3 aromatic rings. The van der Waals surface area contributed by atoms with Crippen LogP contribution in [0.15, 0.2) is 76.2 Å². The number of rotatable bonds is 7. The molecule has 148 valence electrons. The van der Waals surface area contributed by atoms with Crippen LogP contribution in [0.1, 0.15) is 16.1 Å². The first-order valence-electron chi connectivity index (χ1n) is 8.53. The predicted molar refractivity (Wildman–Crippen MR) is 106 cm³/mol. The Morgan fingerprint density at radius 1 is 1.10 bits per heavy atom. The molecule has 2 aromatic carbocycles. The van der Waals surface area contributed by atoms with Crippen LogP contribution in [0.4, 0.5) is 10.1 Å². The number of hydrogen-bond acceptors (Lipinski definition) is 4. The lowest BCUT2D eigenvalue weighted by atomic mass is 10.2. The molecule has 1 heterocycles. The average Bonchev–Trinajstić information content (AvgIpc) is 3.22. The summed E-state index contributed by atoms with van der Waals surface area (Å²) in [6.07, 6.45) is 6.84. The molecule has 0 aliphatic rings. The number of halogens is 1. The van der Waals surface area contributed by atoms with Gasteiger partial charge in [0.05, 0.1) is 29.9 Å². The fourth-order valence-corrected chi connectivity index (χ4v) is 3.67. The maximum atomic E-state index is 13.7. The van der Waals surface area contributed by atoms with Gasteiger partial charge in [-0.25, -0.2) is 12.8 Å². The maximum Gasteiger partial charge on any atom is 0.261 e. The highest BCUT2D eigenvalue weighted by molar-refractivity contribution is 7.92. The molecule has 0 aliphatic heterocycles. The molecule has 0 atom stereocenters. The van der Waals surface area contributed by atoms with Crippen LogP contribution in [0.5, 0.6) is 0 Å². The third-order valence-corrected chi connectivity index (χ3v) is 5.41. The zero-order valence-corrected chi connectivity index (χ0v) is 16.0. The van der Waals surface area contributed by atoms with E-state index in [4.69, 9.17) is 10.8 Å². The minimum absolute atomic E-state index is 0.0639. The van der Waals surface area contributed by atoms with Gasteiger partial charge >= 0.3 is 0 Å². The quantitative estimate of drug-likeness (QED) is 0.603. The monoisotopic (exact) mass is 412 g/mol. The molecule has 0 aliphatic carbocycles. The molecule has 0 unspecified atom stereocenters. The molecule has 1 aromatic heterocycles. The molecule has 0 saturated heterocycles. The summed E-state index contributed by atoms with van der Waals surface area (Å²) in [5.41, 5.74) is 0.0999. The third-order valence-electron chi connectivity index (χ3n) is 4.03. The lowest BCUT2D eigenvalue weighted by molar-refractivity contribution is 0.0755. The SMILES string of the molecule is C#CCN(Cc1ccco1)C(=O)c1ccc(S(=O)(=O)Nc2ccccc2F)cc1. The van der Waals surface area contributed by atoms with Crippen LogP contribution < -0.4 is 4.72 Å². The fraction of sp³-hybridized carbons (Fsp3) is 0.0952. The summed E-state index contributed by atoms with van der Waals surface area (Å²) < 4.78 is 46.1. The summed E-state index contributed by atoms with van der Waals surface area (Å²) in [5, 5.41) is 0. The van der Waals surface area contributed by atoms with Gasteiger partial charge in [-0.15, -0.1) is 6.42 Å². The van der Waals surface area contributed by atoms with Gasteiger partial charge in [0.2, 0.25) is 0 Å². The summed E-state index contributed by atoms with van der Waals surface area (Å²) in [4.78, 5) is 14.0. The Morgan fingerprint density at radius 3 is 2.45 bits per heavy atom. The molecule has 29 heavy (non-hydrogen) atoms. The molecule has 8 heteroatoms. The number of para-hydroxylation sites is 1. The lowest BCUT2D eigenvalue weighted by Crippen LogP contribution is -2.30. The summed E-state index contributed by atoms with van der Waals surface area (Å²) >= 11 is 0. The van der Waals surface area contributed by atoms with Crippen molar-refractivity contribution in [2.75, 3.05) is 11.3 Å². The normalized spacial score (nSPS) is 10.9. The smallest absolute Gasteiger partial charge is 0.261 e. The van der Waals surface area contributed by atoms with E-state index in [0.29, 0.717) is 5.76 Å². The standard InChI is InChI=1S/C21H17FN2O4S/c1-2-13-24(15-17-6-5-14-28-17)21(25)16-9-11-18(12-10-16)29(26,27)23-20-8-4-3-7-19(20)22/h1,3-12,14,23H,13,15H2. The molecular formula is C21H17FN2O4S. The van der Waals surface area contributed by atoms with Crippen molar-refractivity contribution in [1.82, 2.24) is 4.90 Å². The van der Waals surface area contributed by atoms with Crippen molar-refractivity contribution >= 4 is 21.6 Å². The predicted octanol–water partition coefficient (Wildman–Crippen LogP) is 3.50. The highest BCUT2D eigenvalue weighted by atomic mass is 32.2. The first kappa shape index (κ1) is 20.2. The van der Waals surface area contributed by atoms with E-state index in [9.17, 15) is 17.6 Å². The largest absolute Gasteiger partial charge is 0.467 e. The van der Waals surface area contributed by atoms with Gasteiger partial charge in [-0.05, 0) is 48.5 Å². The molecule has 3 rings (SSSR count). The van der Waals surface area contributed by atoms with E-state index >= 15 is 0 Å². The topological polar surface area (TPSA) is 79.6 Å². The van der Waals surface area contributed by atoms with Crippen molar-refractivity contribution in [3.05, 3.63) is 84.1 Å². The summed E-state index contributed by atoms with van der Waals surface area (Å²) in [6, 6.07) is 14.2. The Hall–Kier alpha value is -3.57. The second-order valence-corrected chi connectivity index (χ2v) is 7.74. The molecule has 0 spiro atoms. The van der Waals surface area contributed by atoms with Gasteiger partial charge in [-0.1, -0.05) is 18.1 Å². The van der Waals surface area contributed by atoms with Gasteiger partial charge in [0.25, 0.3) is 15.9 Å². The summed E-state index contributed by atoms with van der Waals surface area (Å²) in [5.74, 6) is 1.93. The molecule has 0 radical (unpaired) electrons. The second-order valence-electron chi connectivity index (χ2n) is 6.05. The minimum Gasteiger partial charge on any atom is -0.467 e.